The molecule has 2 aromatic carbocycles. The molecule has 0 radical (unpaired) electrons. The molecule has 3 heteroatoms. The summed E-state index contributed by atoms with van der Waals surface area (Å²) in [5.74, 6) is -0.253. The number of rotatable bonds is 1. The van der Waals surface area contributed by atoms with Gasteiger partial charge in [-0.05, 0) is 33.6 Å². The topological polar surface area (TPSA) is 0 Å². The Labute approximate surface area is 104 Å². The molecule has 2 rings (SSSR count). The molecule has 2 aromatic rings. The molecule has 0 N–H and O–H groups in total. The Morgan fingerprint density at radius 1 is 0.867 bits per heavy atom. The molecule has 0 amide bonds. The molecule has 15 heavy (non-hydrogen) atoms. The van der Waals surface area contributed by atoms with Gasteiger partial charge in [-0.2, -0.15) is 0 Å². The molecule has 0 aliphatic rings. The van der Waals surface area contributed by atoms with Crippen LogP contribution in [0.3, 0.4) is 0 Å². The van der Waals surface area contributed by atoms with Gasteiger partial charge in [0.15, 0.2) is 0 Å². The molecular weight excluding hydrogens is 323 g/mol. The van der Waals surface area contributed by atoms with Gasteiger partial charge in [-0.1, -0.05) is 46.3 Å². The first-order valence-electron chi connectivity index (χ1n) is 4.39. The number of benzene rings is 2. The molecule has 0 fully saturated rings. The van der Waals surface area contributed by atoms with Crippen molar-refractivity contribution < 1.29 is 4.39 Å². The van der Waals surface area contributed by atoms with Crippen LogP contribution in [-0.4, -0.2) is 0 Å². The molecule has 0 aromatic heterocycles. The molecule has 0 nitrogen and oxygen atoms in total. The summed E-state index contributed by atoms with van der Waals surface area (Å²) in [6.45, 7) is 0. The Balaban J connectivity index is 2.68. The van der Waals surface area contributed by atoms with Crippen molar-refractivity contribution in [3.8, 4) is 11.1 Å². The fourth-order valence-electron chi connectivity index (χ4n) is 1.40. The lowest BCUT2D eigenvalue weighted by molar-refractivity contribution is 0.621. The predicted octanol–water partition coefficient (Wildman–Crippen LogP) is 5.02. The maximum Gasteiger partial charge on any atom is 0.138 e. The van der Waals surface area contributed by atoms with E-state index in [2.05, 4.69) is 31.9 Å². The monoisotopic (exact) mass is 328 g/mol. The van der Waals surface area contributed by atoms with Crippen molar-refractivity contribution in [1.29, 1.82) is 0 Å². The van der Waals surface area contributed by atoms with Gasteiger partial charge in [-0.25, -0.2) is 4.39 Å². The van der Waals surface area contributed by atoms with E-state index in [1.807, 2.05) is 30.3 Å². The molecule has 0 unspecified atom stereocenters. The van der Waals surface area contributed by atoms with E-state index >= 15 is 0 Å². The molecule has 76 valence electrons. The predicted molar refractivity (Wildman–Crippen MR) is 67.2 cm³/mol. The molecule has 0 spiro atoms. The lowest BCUT2D eigenvalue weighted by Crippen LogP contribution is -1.85. The van der Waals surface area contributed by atoms with Gasteiger partial charge in [0.05, 0.1) is 4.47 Å². The van der Waals surface area contributed by atoms with Crippen molar-refractivity contribution in [2.24, 2.45) is 0 Å². The minimum Gasteiger partial charge on any atom is -0.206 e. The standard InChI is InChI=1S/C12H7Br2F/c13-9-6-7-10(15)12(14)11(9)8-4-2-1-3-5-8/h1-7H. The highest BCUT2D eigenvalue weighted by atomic mass is 79.9. The highest BCUT2D eigenvalue weighted by molar-refractivity contribution is 9.11. The normalized spacial score (nSPS) is 10.3. The molecule has 0 aliphatic carbocycles. The first kappa shape index (κ1) is 10.8. The van der Waals surface area contributed by atoms with Crippen molar-refractivity contribution >= 4 is 31.9 Å². The number of hydrogen-bond acceptors (Lipinski definition) is 0. The van der Waals surface area contributed by atoms with Gasteiger partial charge in [0, 0.05) is 10.0 Å². The van der Waals surface area contributed by atoms with Crippen molar-refractivity contribution in [2.45, 2.75) is 0 Å². The lowest BCUT2D eigenvalue weighted by atomic mass is 10.1. The zero-order chi connectivity index (χ0) is 10.8. The molecule has 0 saturated heterocycles. The summed E-state index contributed by atoms with van der Waals surface area (Å²) in [4.78, 5) is 0. The number of hydrogen-bond donors (Lipinski definition) is 0. The van der Waals surface area contributed by atoms with Crippen molar-refractivity contribution in [3.05, 3.63) is 57.2 Å². The Morgan fingerprint density at radius 2 is 1.53 bits per heavy atom. The Bertz CT molecular complexity index is 480. The van der Waals surface area contributed by atoms with Crippen molar-refractivity contribution in [2.75, 3.05) is 0 Å². The lowest BCUT2D eigenvalue weighted by Gasteiger charge is -2.08. The van der Waals surface area contributed by atoms with E-state index in [0.29, 0.717) is 4.47 Å². The summed E-state index contributed by atoms with van der Waals surface area (Å²) in [6, 6.07) is 12.8. The van der Waals surface area contributed by atoms with E-state index in [9.17, 15) is 4.39 Å². The smallest absolute Gasteiger partial charge is 0.138 e. The second-order valence-electron chi connectivity index (χ2n) is 3.08. The second kappa shape index (κ2) is 4.45. The molecule has 0 aliphatic heterocycles. The Hall–Kier alpha value is -0.670. The van der Waals surface area contributed by atoms with Crippen LogP contribution in [-0.2, 0) is 0 Å². The zero-order valence-electron chi connectivity index (χ0n) is 7.68. The largest absolute Gasteiger partial charge is 0.206 e. The maximum absolute atomic E-state index is 13.4. The molecule has 0 bridgehead atoms. The van der Waals surface area contributed by atoms with Crippen LogP contribution in [0.1, 0.15) is 0 Å². The van der Waals surface area contributed by atoms with Crippen LogP contribution >= 0.6 is 31.9 Å². The first-order chi connectivity index (χ1) is 7.20. The maximum atomic E-state index is 13.4. The summed E-state index contributed by atoms with van der Waals surface area (Å²) in [7, 11) is 0. The third-order valence-electron chi connectivity index (χ3n) is 2.11. The van der Waals surface area contributed by atoms with E-state index in [0.717, 1.165) is 15.6 Å². The fraction of sp³-hybridized carbons (Fsp3) is 0. The molecular formula is C12H7Br2F. The Kier molecular flexibility index (Phi) is 3.22. The Morgan fingerprint density at radius 3 is 2.20 bits per heavy atom. The van der Waals surface area contributed by atoms with Gasteiger partial charge in [0.1, 0.15) is 5.82 Å². The van der Waals surface area contributed by atoms with Crippen LogP contribution in [0.2, 0.25) is 0 Å². The highest BCUT2D eigenvalue weighted by Crippen LogP contribution is 2.36. The van der Waals surface area contributed by atoms with Crippen LogP contribution in [0.25, 0.3) is 11.1 Å². The SMILES string of the molecule is Fc1ccc(Br)c(-c2ccccc2)c1Br. The van der Waals surface area contributed by atoms with Crippen LogP contribution in [0.15, 0.2) is 51.4 Å². The molecule has 0 heterocycles. The van der Waals surface area contributed by atoms with Crippen LogP contribution in [0, 0.1) is 5.82 Å². The van der Waals surface area contributed by atoms with Crippen LogP contribution < -0.4 is 0 Å². The van der Waals surface area contributed by atoms with E-state index in [4.69, 9.17) is 0 Å². The van der Waals surface area contributed by atoms with Gasteiger partial charge in [0.2, 0.25) is 0 Å². The fourth-order valence-corrected chi connectivity index (χ4v) is 2.80. The quantitative estimate of drug-likeness (QED) is 0.644. The van der Waals surface area contributed by atoms with Gasteiger partial charge >= 0.3 is 0 Å². The first-order valence-corrected chi connectivity index (χ1v) is 5.97. The molecule has 0 saturated carbocycles. The van der Waals surface area contributed by atoms with E-state index in [-0.39, 0.29) is 5.82 Å². The third kappa shape index (κ3) is 2.13. The van der Waals surface area contributed by atoms with Crippen LogP contribution in [0.5, 0.6) is 0 Å². The van der Waals surface area contributed by atoms with Gasteiger partial charge < -0.3 is 0 Å². The van der Waals surface area contributed by atoms with Gasteiger partial charge in [0.25, 0.3) is 0 Å². The summed E-state index contributed by atoms with van der Waals surface area (Å²) in [5, 5.41) is 0. The minimum atomic E-state index is -0.253. The average molecular weight is 330 g/mol. The zero-order valence-corrected chi connectivity index (χ0v) is 10.8. The summed E-state index contributed by atoms with van der Waals surface area (Å²) < 4.78 is 14.7. The van der Waals surface area contributed by atoms with Crippen molar-refractivity contribution in [1.82, 2.24) is 0 Å². The summed E-state index contributed by atoms with van der Waals surface area (Å²) in [6.07, 6.45) is 0. The highest BCUT2D eigenvalue weighted by Gasteiger charge is 2.11. The van der Waals surface area contributed by atoms with E-state index < -0.39 is 0 Å². The van der Waals surface area contributed by atoms with E-state index in [1.54, 1.807) is 6.07 Å². The average Bonchev–Trinajstić information content (AvgIpc) is 2.26. The summed E-state index contributed by atoms with van der Waals surface area (Å²) >= 11 is 6.68. The van der Waals surface area contributed by atoms with Crippen LogP contribution in [0.4, 0.5) is 4.39 Å². The van der Waals surface area contributed by atoms with Gasteiger partial charge in [-0.3, -0.25) is 0 Å². The minimum absolute atomic E-state index is 0.253. The second-order valence-corrected chi connectivity index (χ2v) is 4.73. The van der Waals surface area contributed by atoms with E-state index in [1.165, 1.54) is 6.07 Å². The number of halogens is 3. The molecule has 0 atom stereocenters. The third-order valence-corrected chi connectivity index (χ3v) is 3.54. The summed E-state index contributed by atoms with van der Waals surface area (Å²) in [5.41, 5.74) is 1.83. The van der Waals surface area contributed by atoms with Crippen molar-refractivity contribution in [3.63, 3.8) is 0 Å². The van der Waals surface area contributed by atoms with Gasteiger partial charge in [-0.15, -0.1) is 0 Å².